The maximum absolute atomic E-state index is 12.5. The fourth-order valence-corrected chi connectivity index (χ4v) is 7.02. The van der Waals surface area contributed by atoms with Crippen molar-refractivity contribution in [3.05, 3.63) is 16.7 Å². The molecule has 10 nitrogen and oxygen atoms in total. The van der Waals surface area contributed by atoms with Crippen LogP contribution in [0.25, 0.3) is 0 Å². The largest absolute Gasteiger partial charge is 0.477 e. The van der Waals surface area contributed by atoms with Crippen LogP contribution in [0.15, 0.2) is 21.8 Å². The van der Waals surface area contributed by atoms with Gasteiger partial charge in [-0.3, -0.25) is 4.79 Å². The van der Waals surface area contributed by atoms with Gasteiger partial charge in [-0.2, -0.15) is 0 Å². The molecule has 7 N–H and O–H groups in total. The molecule has 4 heterocycles. The Morgan fingerprint density at radius 3 is 2.68 bits per heavy atom. The van der Waals surface area contributed by atoms with Gasteiger partial charge in [0.25, 0.3) is 0 Å². The van der Waals surface area contributed by atoms with Gasteiger partial charge in [0.15, 0.2) is 5.16 Å². The molecular weight excluding hydrogens is 440 g/mol. The molecule has 2 fully saturated rings. The predicted molar refractivity (Wildman–Crippen MR) is 119 cm³/mol. The third-order valence-electron chi connectivity index (χ3n) is 5.95. The first kappa shape index (κ1) is 22.2. The fraction of sp³-hybridized carbons (Fsp3) is 0.579. The molecule has 3 aliphatic heterocycles. The molecule has 1 amide bonds. The van der Waals surface area contributed by atoms with Gasteiger partial charge in [-0.25, -0.2) is 14.8 Å². The monoisotopic (exact) mass is 466 g/mol. The van der Waals surface area contributed by atoms with Crippen LogP contribution in [0.3, 0.4) is 0 Å². The summed E-state index contributed by atoms with van der Waals surface area (Å²) >= 11 is 3.00. The summed E-state index contributed by atoms with van der Waals surface area (Å²) in [6.45, 7) is 4.26. The van der Waals surface area contributed by atoms with E-state index >= 15 is 0 Å². The first-order chi connectivity index (χ1) is 14.7. The standard InChI is InChI=1S/C19H26N6O4S2/c1-7-14-13(8(2)26)17(27)25(14)15(18(28)29)16(7)31-10-3-9(22-5-10)6-30-19-23-11(20)4-12(21)24-19/h4,7-10,13-14,22,26H,3,5-6H2,1-2H3,(H,28,29)(H4,20,21,23,24)/t7-,8-,9+,10+,13-,14-/m1/s1. The maximum Gasteiger partial charge on any atom is 0.353 e. The minimum absolute atomic E-state index is 0.0749. The van der Waals surface area contributed by atoms with Crippen molar-refractivity contribution >= 4 is 47.0 Å². The zero-order chi connectivity index (χ0) is 22.4. The van der Waals surface area contributed by atoms with Crippen molar-refractivity contribution in [2.45, 2.75) is 48.9 Å². The Hall–Kier alpha value is -2.02. The molecule has 0 bridgehead atoms. The highest BCUT2D eigenvalue weighted by molar-refractivity contribution is 8.03. The van der Waals surface area contributed by atoms with Gasteiger partial charge in [0.05, 0.1) is 18.1 Å². The Kier molecular flexibility index (Phi) is 6.08. The van der Waals surface area contributed by atoms with Gasteiger partial charge in [0.2, 0.25) is 5.91 Å². The minimum atomic E-state index is -1.09. The maximum atomic E-state index is 12.5. The smallest absolute Gasteiger partial charge is 0.353 e. The number of aliphatic hydroxyl groups is 1. The Balaban J connectivity index is 1.40. The summed E-state index contributed by atoms with van der Waals surface area (Å²) in [5.74, 6) is -0.660. The number of thioether (sulfide) groups is 2. The van der Waals surface area contributed by atoms with E-state index in [1.807, 2.05) is 6.92 Å². The minimum Gasteiger partial charge on any atom is -0.477 e. The average molecular weight is 467 g/mol. The third-order valence-corrected chi connectivity index (χ3v) is 8.47. The van der Waals surface area contributed by atoms with Crippen molar-refractivity contribution in [3.8, 4) is 0 Å². The topological polar surface area (TPSA) is 168 Å². The van der Waals surface area contributed by atoms with Crippen LogP contribution in [0.5, 0.6) is 0 Å². The summed E-state index contributed by atoms with van der Waals surface area (Å²) in [7, 11) is 0. The fourth-order valence-electron chi connectivity index (χ4n) is 4.56. The van der Waals surface area contributed by atoms with E-state index < -0.39 is 18.0 Å². The molecule has 12 heteroatoms. The van der Waals surface area contributed by atoms with Crippen LogP contribution >= 0.6 is 23.5 Å². The van der Waals surface area contributed by atoms with Crippen LogP contribution in [-0.4, -0.2) is 72.7 Å². The van der Waals surface area contributed by atoms with Crippen molar-refractivity contribution in [3.63, 3.8) is 0 Å². The Bertz CT molecular complexity index is 922. The van der Waals surface area contributed by atoms with E-state index in [0.29, 0.717) is 16.8 Å². The highest BCUT2D eigenvalue weighted by atomic mass is 32.2. The van der Waals surface area contributed by atoms with Crippen LogP contribution in [0.1, 0.15) is 20.3 Å². The molecule has 0 radical (unpaired) electrons. The molecule has 0 aromatic carbocycles. The van der Waals surface area contributed by atoms with Gasteiger partial charge in [0.1, 0.15) is 17.3 Å². The van der Waals surface area contributed by atoms with Crippen LogP contribution in [0.2, 0.25) is 0 Å². The molecule has 0 spiro atoms. The molecule has 6 atom stereocenters. The number of nitrogen functional groups attached to an aromatic ring is 2. The summed E-state index contributed by atoms with van der Waals surface area (Å²) in [4.78, 5) is 34.8. The second-order valence-electron chi connectivity index (χ2n) is 8.16. The number of aromatic nitrogens is 2. The number of β-lactam (4-membered cyclic amide) rings is 1. The van der Waals surface area contributed by atoms with Crippen molar-refractivity contribution in [1.29, 1.82) is 0 Å². The number of aliphatic carboxylic acids is 1. The zero-order valence-corrected chi connectivity index (χ0v) is 18.8. The van der Waals surface area contributed by atoms with E-state index in [0.717, 1.165) is 23.6 Å². The van der Waals surface area contributed by atoms with Gasteiger partial charge in [-0.1, -0.05) is 18.7 Å². The van der Waals surface area contributed by atoms with E-state index in [4.69, 9.17) is 11.5 Å². The second kappa shape index (κ2) is 8.49. The van der Waals surface area contributed by atoms with E-state index in [9.17, 15) is 19.8 Å². The molecule has 0 aliphatic carbocycles. The molecule has 1 aromatic rings. The quantitative estimate of drug-likeness (QED) is 0.214. The van der Waals surface area contributed by atoms with Crippen molar-refractivity contribution in [2.24, 2.45) is 11.8 Å². The SMILES string of the molecule is C[C@@H](O)[C@H]1C(=O)N2C(C(=O)O)=C(S[C@@H]3CN[C@H](CSc4nc(N)cc(N)n4)C3)[C@H](C)[C@H]12. The van der Waals surface area contributed by atoms with E-state index in [1.165, 1.54) is 34.5 Å². The highest BCUT2D eigenvalue weighted by Gasteiger charge is 2.60. The lowest BCUT2D eigenvalue weighted by Gasteiger charge is -2.46. The molecule has 31 heavy (non-hydrogen) atoms. The highest BCUT2D eigenvalue weighted by Crippen LogP contribution is 2.51. The number of anilines is 2. The lowest BCUT2D eigenvalue weighted by atomic mass is 9.79. The molecular formula is C19H26N6O4S2. The summed E-state index contributed by atoms with van der Waals surface area (Å²) in [5, 5.41) is 23.9. The van der Waals surface area contributed by atoms with Crippen molar-refractivity contribution < 1.29 is 19.8 Å². The van der Waals surface area contributed by atoms with Crippen molar-refractivity contribution in [2.75, 3.05) is 23.8 Å². The van der Waals surface area contributed by atoms with E-state index in [1.54, 1.807) is 6.92 Å². The normalized spacial score (nSPS) is 31.0. The number of aliphatic hydroxyl groups excluding tert-OH is 1. The van der Waals surface area contributed by atoms with E-state index in [-0.39, 0.29) is 34.9 Å². The van der Waals surface area contributed by atoms with Gasteiger partial charge in [-0.05, 0) is 13.3 Å². The number of carbonyl (C=O) groups excluding carboxylic acids is 1. The number of fused-ring (bicyclic) bond motifs is 1. The summed E-state index contributed by atoms with van der Waals surface area (Å²) in [5.41, 5.74) is 11.5. The number of hydrogen-bond acceptors (Lipinski definition) is 10. The number of carboxylic acids is 1. The van der Waals surface area contributed by atoms with Crippen LogP contribution < -0.4 is 16.8 Å². The van der Waals surface area contributed by atoms with Crippen LogP contribution in [0.4, 0.5) is 11.6 Å². The number of nitrogens with zero attached hydrogens (tertiary/aromatic N) is 3. The first-order valence-electron chi connectivity index (χ1n) is 10.1. The zero-order valence-electron chi connectivity index (χ0n) is 17.2. The third kappa shape index (κ3) is 4.09. The second-order valence-corrected chi connectivity index (χ2v) is 10.5. The molecule has 1 aromatic heterocycles. The summed E-state index contributed by atoms with van der Waals surface area (Å²) in [6, 6.07) is 1.44. The number of carbonyl (C=O) groups is 2. The molecule has 0 saturated carbocycles. The summed E-state index contributed by atoms with van der Waals surface area (Å²) in [6.07, 6.45) is 0.0465. The molecule has 168 valence electrons. The van der Waals surface area contributed by atoms with Gasteiger partial charge >= 0.3 is 5.97 Å². The Morgan fingerprint density at radius 1 is 1.39 bits per heavy atom. The number of nitrogens with one attached hydrogen (secondary N) is 1. The molecule has 4 rings (SSSR count). The number of carboxylic acid groups (broad SMARTS) is 1. The van der Waals surface area contributed by atoms with Crippen molar-refractivity contribution in [1.82, 2.24) is 20.2 Å². The van der Waals surface area contributed by atoms with Gasteiger partial charge in [0, 0.05) is 40.5 Å². The molecule has 2 saturated heterocycles. The first-order valence-corrected chi connectivity index (χ1v) is 11.9. The molecule has 3 aliphatic rings. The Labute approximate surface area is 188 Å². The van der Waals surface area contributed by atoms with Gasteiger partial charge in [-0.15, -0.1) is 11.8 Å². The summed E-state index contributed by atoms with van der Waals surface area (Å²) < 4.78 is 0. The van der Waals surface area contributed by atoms with E-state index in [2.05, 4.69) is 15.3 Å². The predicted octanol–water partition coefficient (Wildman–Crippen LogP) is 0.351. The number of amides is 1. The Morgan fingerprint density at radius 2 is 2.06 bits per heavy atom. The van der Waals surface area contributed by atoms with Crippen LogP contribution in [-0.2, 0) is 9.59 Å². The van der Waals surface area contributed by atoms with Gasteiger partial charge < -0.3 is 31.9 Å². The number of rotatable bonds is 7. The molecule has 0 unspecified atom stereocenters. The lowest BCUT2D eigenvalue weighted by molar-refractivity contribution is -0.163. The van der Waals surface area contributed by atoms with Crippen LogP contribution in [0, 0.1) is 11.8 Å². The number of nitrogens with two attached hydrogens (primary N) is 2. The number of hydrogen-bond donors (Lipinski definition) is 5. The average Bonchev–Trinajstić information content (AvgIpc) is 3.21. The lowest BCUT2D eigenvalue weighted by Crippen LogP contribution is -2.63.